The van der Waals surface area contributed by atoms with E-state index in [0.29, 0.717) is 6.04 Å². The van der Waals surface area contributed by atoms with E-state index in [0.717, 1.165) is 17.8 Å². The van der Waals surface area contributed by atoms with Gasteiger partial charge >= 0.3 is 0 Å². The van der Waals surface area contributed by atoms with Gasteiger partial charge in [-0.05, 0) is 36.6 Å². The Hall–Kier alpha value is -1.71. The molecule has 2 aromatic rings. The van der Waals surface area contributed by atoms with E-state index in [1.807, 2.05) is 31.3 Å². The van der Waals surface area contributed by atoms with Gasteiger partial charge in [0.05, 0.1) is 5.69 Å². The number of aliphatic hydroxyl groups excluding tert-OH is 1. The SMILES string of the molecule is CC(CO)C(C)NCc1cccc(-c2ccccn2)c1. The lowest BCUT2D eigenvalue weighted by atomic mass is 10.0. The summed E-state index contributed by atoms with van der Waals surface area (Å²) in [4.78, 5) is 4.37. The zero-order chi connectivity index (χ0) is 14.4. The van der Waals surface area contributed by atoms with Crippen molar-refractivity contribution in [2.24, 2.45) is 5.92 Å². The van der Waals surface area contributed by atoms with E-state index in [4.69, 9.17) is 5.11 Å². The molecular formula is C17H22N2O. The first-order chi connectivity index (χ1) is 9.70. The lowest BCUT2D eigenvalue weighted by Crippen LogP contribution is -2.33. The number of rotatable bonds is 6. The number of aliphatic hydroxyl groups is 1. The second kappa shape index (κ2) is 7.17. The summed E-state index contributed by atoms with van der Waals surface area (Å²) in [6, 6.07) is 14.6. The van der Waals surface area contributed by atoms with Crippen LogP contribution in [0.15, 0.2) is 48.7 Å². The highest BCUT2D eigenvalue weighted by atomic mass is 16.3. The number of aromatic nitrogens is 1. The van der Waals surface area contributed by atoms with Crippen molar-refractivity contribution in [3.05, 3.63) is 54.2 Å². The van der Waals surface area contributed by atoms with Gasteiger partial charge in [0.1, 0.15) is 0 Å². The van der Waals surface area contributed by atoms with Crippen molar-refractivity contribution in [3.63, 3.8) is 0 Å². The van der Waals surface area contributed by atoms with Gasteiger partial charge in [0, 0.05) is 31.0 Å². The van der Waals surface area contributed by atoms with E-state index in [1.54, 1.807) is 0 Å². The van der Waals surface area contributed by atoms with Crippen LogP contribution in [0.1, 0.15) is 19.4 Å². The van der Waals surface area contributed by atoms with Gasteiger partial charge in [-0.3, -0.25) is 4.98 Å². The minimum absolute atomic E-state index is 0.210. The lowest BCUT2D eigenvalue weighted by Gasteiger charge is -2.19. The number of hydrogen-bond donors (Lipinski definition) is 2. The molecule has 0 radical (unpaired) electrons. The van der Waals surface area contributed by atoms with E-state index >= 15 is 0 Å². The van der Waals surface area contributed by atoms with Crippen molar-refractivity contribution in [2.45, 2.75) is 26.4 Å². The molecule has 2 unspecified atom stereocenters. The van der Waals surface area contributed by atoms with Crippen LogP contribution in [0.25, 0.3) is 11.3 Å². The molecule has 2 N–H and O–H groups in total. The van der Waals surface area contributed by atoms with Crippen LogP contribution in [-0.4, -0.2) is 22.7 Å². The van der Waals surface area contributed by atoms with E-state index in [2.05, 4.69) is 41.5 Å². The molecule has 1 aromatic carbocycles. The van der Waals surface area contributed by atoms with Crippen LogP contribution in [0.5, 0.6) is 0 Å². The number of benzene rings is 1. The second-order valence-electron chi connectivity index (χ2n) is 5.24. The fourth-order valence-electron chi connectivity index (χ4n) is 2.01. The van der Waals surface area contributed by atoms with Gasteiger partial charge in [-0.15, -0.1) is 0 Å². The summed E-state index contributed by atoms with van der Waals surface area (Å²) in [7, 11) is 0. The molecule has 0 bridgehead atoms. The van der Waals surface area contributed by atoms with E-state index < -0.39 is 0 Å². The predicted molar refractivity (Wildman–Crippen MR) is 82.2 cm³/mol. The third kappa shape index (κ3) is 3.89. The normalized spacial score (nSPS) is 13.9. The molecule has 0 amide bonds. The molecule has 106 valence electrons. The minimum atomic E-state index is 0.210. The third-order valence-corrected chi connectivity index (χ3v) is 3.66. The highest BCUT2D eigenvalue weighted by molar-refractivity contribution is 5.59. The summed E-state index contributed by atoms with van der Waals surface area (Å²) in [5, 5.41) is 12.6. The molecule has 0 saturated heterocycles. The van der Waals surface area contributed by atoms with Crippen LogP contribution in [-0.2, 0) is 6.54 Å². The number of nitrogens with one attached hydrogen (secondary N) is 1. The molecule has 2 rings (SSSR count). The molecule has 3 heteroatoms. The van der Waals surface area contributed by atoms with E-state index in [9.17, 15) is 0 Å². The zero-order valence-corrected chi connectivity index (χ0v) is 12.1. The Morgan fingerprint density at radius 2 is 2.00 bits per heavy atom. The first-order valence-electron chi connectivity index (χ1n) is 7.05. The summed E-state index contributed by atoms with van der Waals surface area (Å²) < 4.78 is 0. The van der Waals surface area contributed by atoms with Gasteiger partial charge < -0.3 is 10.4 Å². The Bertz CT molecular complexity index is 528. The molecule has 1 aromatic heterocycles. The fourth-order valence-corrected chi connectivity index (χ4v) is 2.01. The topological polar surface area (TPSA) is 45.1 Å². The molecule has 0 saturated carbocycles. The number of nitrogens with zero attached hydrogens (tertiary/aromatic N) is 1. The van der Waals surface area contributed by atoms with Crippen LogP contribution in [0.4, 0.5) is 0 Å². The van der Waals surface area contributed by atoms with Gasteiger partial charge in [-0.1, -0.05) is 31.2 Å². The van der Waals surface area contributed by atoms with Crippen molar-refractivity contribution in [2.75, 3.05) is 6.61 Å². The first kappa shape index (κ1) is 14.7. The van der Waals surface area contributed by atoms with Crippen LogP contribution < -0.4 is 5.32 Å². The molecule has 20 heavy (non-hydrogen) atoms. The molecular weight excluding hydrogens is 248 g/mol. The van der Waals surface area contributed by atoms with Gasteiger partial charge in [0.25, 0.3) is 0 Å². The van der Waals surface area contributed by atoms with Crippen molar-refractivity contribution in [3.8, 4) is 11.3 Å². The van der Waals surface area contributed by atoms with E-state index in [-0.39, 0.29) is 12.5 Å². The summed E-state index contributed by atoms with van der Waals surface area (Å²) in [6.45, 7) is 5.15. The van der Waals surface area contributed by atoms with Gasteiger partial charge in [-0.25, -0.2) is 0 Å². The molecule has 0 fully saturated rings. The van der Waals surface area contributed by atoms with Crippen LogP contribution in [0.3, 0.4) is 0 Å². The maximum Gasteiger partial charge on any atom is 0.0702 e. The van der Waals surface area contributed by atoms with Crippen molar-refractivity contribution >= 4 is 0 Å². The van der Waals surface area contributed by atoms with Gasteiger partial charge in [0.2, 0.25) is 0 Å². The Balaban J connectivity index is 2.04. The second-order valence-corrected chi connectivity index (χ2v) is 5.24. The predicted octanol–water partition coefficient (Wildman–Crippen LogP) is 2.86. The molecule has 0 aliphatic rings. The summed E-state index contributed by atoms with van der Waals surface area (Å²) in [6.07, 6.45) is 1.81. The summed E-state index contributed by atoms with van der Waals surface area (Å²) in [5.74, 6) is 0.258. The average molecular weight is 270 g/mol. The van der Waals surface area contributed by atoms with Gasteiger partial charge in [-0.2, -0.15) is 0 Å². The van der Waals surface area contributed by atoms with E-state index in [1.165, 1.54) is 5.56 Å². The number of pyridine rings is 1. The fraction of sp³-hybridized carbons (Fsp3) is 0.353. The Morgan fingerprint density at radius 1 is 1.15 bits per heavy atom. The zero-order valence-electron chi connectivity index (χ0n) is 12.1. The summed E-state index contributed by atoms with van der Waals surface area (Å²) in [5.41, 5.74) is 3.35. The Kier molecular flexibility index (Phi) is 5.27. The summed E-state index contributed by atoms with van der Waals surface area (Å²) >= 11 is 0. The monoisotopic (exact) mass is 270 g/mol. The first-order valence-corrected chi connectivity index (χ1v) is 7.05. The quantitative estimate of drug-likeness (QED) is 0.848. The smallest absolute Gasteiger partial charge is 0.0702 e. The lowest BCUT2D eigenvalue weighted by molar-refractivity contribution is 0.207. The van der Waals surface area contributed by atoms with Gasteiger partial charge in [0.15, 0.2) is 0 Å². The molecule has 3 nitrogen and oxygen atoms in total. The standard InChI is InChI=1S/C17H22N2O/c1-13(12-20)14(2)19-11-15-6-5-7-16(10-15)17-8-3-4-9-18-17/h3-10,13-14,19-20H,11-12H2,1-2H3. The number of hydrogen-bond acceptors (Lipinski definition) is 3. The van der Waals surface area contributed by atoms with Crippen molar-refractivity contribution in [1.82, 2.24) is 10.3 Å². The molecule has 0 aliphatic heterocycles. The van der Waals surface area contributed by atoms with Crippen LogP contribution >= 0.6 is 0 Å². The molecule has 0 aliphatic carbocycles. The third-order valence-electron chi connectivity index (χ3n) is 3.66. The average Bonchev–Trinajstić information content (AvgIpc) is 2.53. The Labute approximate surface area is 120 Å². The maximum atomic E-state index is 9.15. The minimum Gasteiger partial charge on any atom is -0.396 e. The highest BCUT2D eigenvalue weighted by Crippen LogP contribution is 2.17. The van der Waals surface area contributed by atoms with Crippen molar-refractivity contribution < 1.29 is 5.11 Å². The largest absolute Gasteiger partial charge is 0.396 e. The highest BCUT2D eigenvalue weighted by Gasteiger charge is 2.10. The maximum absolute atomic E-state index is 9.15. The van der Waals surface area contributed by atoms with Crippen LogP contribution in [0, 0.1) is 5.92 Å². The van der Waals surface area contributed by atoms with Crippen molar-refractivity contribution in [1.29, 1.82) is 0 Å². The Morgan fingerprint density at radius 3 is 2.70 bits per heavy atom. The van der Waals surface area contributed by atoms with Crippen LogP contribution in [0.2, 0.25) is 0 Å². The molecule has 1 heterocycles. The molecule has 2 atom stereocenters. The molecule has 0 spiro atoms.